The Kier molecular flexibility index (Phi) is 5.14. The molecule has 128 valence electrons. The molecule has 6 heteroatoms. The smallest absolute Gasteiger partial charge is 0.337 e. The molecule has 0 bridgehead atoms. The van der Waals surface area contributed by atoms with E-state index in [0.29, 0.717) is 23.7 Å². The Balaban J connectivity index is 1.78. The number of aromatic nitrogens is 1. The number of fused-ring (bicyclic) bond motifs is 1. The SMILES string of the molecule is COC(=O)c1ccc2[nH]cc(C3CCN(C(=O)CCS)CC3)c2c1. The molecule has 0 radical (unpaired) electrons. The second-order valence-electron chi connectivity index (χ2n) is 6.12. The van der Waals surface area contributed by atoms with Gasteiger partial charge in [-0.1, -0.05) is 0 Å². The standard InChI is InChI=1S/C18H22N2O3S/c1-23-18(22)13-2-3-16-14(10-13)15(11-19-16)12-4-7-20(8-5-12)17(21)6-9-24/h2-3,10-12,19,24H,4-9H2,1H3. The molecule has 24 heavy (non-hydrogen) atoms. The highest BCUT2D eigenvalue weighted by molar-refractivity contribution is 7.80. The summed E-state index contributed by atoms with van der Waals surface area (Å²) in [5.74, 6) is 0.857. The number of carbonyl (C=O) groups is 2. The van der Waals surface area contributed by atoms with Crippen LogP contribution in [0.15, 0.2) is 24.4 Å². The molecule has 1 saturated heterocycles. The Morgan fingerprint density at radius 1 is 1.33 bits per heavy atom. The predicted octanol–water partition coefficient (Wildman–Crippen LogP) is 2.98. The number of ether oxygens (including phenoxy) is 1. The third-order valence-corrected chi connectivity index (χ3v) is 4.97. The van der Waals surface area contributed by atoms with Crippen LogP contribution < -0.4 is 0 Å². The first-order chi connectivity index (χ1) is 11.6. The van der Waals surface area contributed by atoms with Crippen LogP contribution in [0.25, 0.3) is 10.9 Å². The molecule has 0 aliphatic carbocycles. The van der Waals surface area contributed by atoms with Gasteiger partial charge in [0.2, 0.25) is 5.91 Å². The minimum absolute atomic E-state index is 0.190. The van der Waals surface area contributed by atoms with Crippen molar-refractivity contribution in [2.75, 3.05) is 26.0 Å². The molecule has 1 fully saturated rings. The number of nitrogens with zero attached hydrogens (tertiary/aromatic N) is 1. The Bertz CT molecular complexity index is 748. The predicted molar refractivity (Wildman–Crippen MR) is 96.7 cm³/mol. The summed E-state index contributed by atoms with van der Waals surface area (Å²) in [6.45, 7) is 1.56. The van der Waals surface area contributed by atoms with Crippen LogP contribution in [-0.2, 0) is 9.53 Å². The van der Waals surface area contributed by atoms with Crippen molar-refractivity contribution in [1.82, 2.24) is 9.88 Å². The number of benzene rings is 1. The van der Waals surface area contributed by atoms with E-state index in [1.54, 1.807) is 6.07 Å². The zero-order valence-corrected chi connectivity index (χ0v) is 14.6. The number of likely N-dealkylation sites (tertiary alicyclic amines) is 1. The van der Waals surface area contributed by atoms with Crippen molar-refractivity contribution in [2.24, 2.45) is 0 Å². The van der Waals surface area contributed by atoms with Gasteiger partial charge in [-0.3, -0.25) is 4.79 Å². The third-order valence-electron chi connectivity index (χ3n) is 4.75. The number of piperidine rings is 1. The lowest BCUT2D eigenvalue weighted by Crippen LogP contribution is -2.37. The average molecular weight is 346 g/mol. The number of hydrogen-bond acceptors (Lipinski definition) is 4. The molecule has 0 unspecified atom stereocenters. The molecule has 0 spiro atoms. The summed E-state index contributed by atoms with van der Waals surface area (Å²) in [7, 11) is 1.39. The molecular weight excluding hydrogens is 324 g/mol. The van der Waals surface area contributed by atoms with E-state index in [1.807, 2.05) is 23.2 Å². The van der Waals surface area contributed by atoms with Crippen LogP contribution in [0.3, 0.4) is 0 Å². The van der Waals surface area contributed by atoms with E-state index in [2.05, 4.69) is 17.6 Å². The van der Waals surface area contributed by atoms with Gasteiger partial charge in [0.15, 0.2) is 0 Å². The summed E-state index contributed by atoms with van der Waals surface area (Å²) in [5.41, 5.74) is 2.80. The maximum absolute atomic E-state index is 12.0. The Morgan fingerprint density at radius 2 is 2.08 bits per heavy atom. The molecule has 2 heterocycles. The summed E-state index contributed by atoms with van der Waals surface area (Å²) in [5, 5.41) is 1.07. The number of carbonyl (C=O) groups excluding carboxylic acids is 2. The van der Waals surface area contributed by atoms with E-state index in [0.717, 1.165) is 36.8 Å². The number of nitrogens with one attached hydrogen (secondary N) is 1. The maximum Gasteiger partial charge on any atom is 0.337 e. The maximum atomic E-state index is 12.0. The lowest BCUT2D eigenvalue weighted by atomic mass is 9.89. The molecule has 5 nitrogen and oxygen atoms in total. The Hall–Kier alpha value is -1.95. The van der Waals surface area contributed by atoms with Crippen LogP contribution in [0.1, 0.15) is 41.1 Å². The third kappa shape index (κ3) is 3.29. The molecule has 1 amide bonds. The van der Waals surface area contributed by atoms with Crippen LogP contribution >= 0.6 is 12.6 Å². The van der Waals surface area contributed by atoms with Gasteiger partial charge in [0.25, 0.3) is 0 Å². The molecule has 1 aliphatic rings. The topological polar surface area (TPSA) is 62.4 Å². The largest absolute Gasteiger partial charge is 0.465 e. The molecule has 1 aromatic carbocycles. The lowest BCUT2D eigenvalue weighted by Gasteiger charge is -2.32. The van der Waals surface area contributed by atoms with Crippen LogP contribution in [-0.4, -0.2) is 47.7 Å². The molecular formula is C18H22N2O3S. The second kappa shape index (κ2) is 7.30. The number of thiol groups is 1. The van der Waals surface area contributed by atoms with Crippen molar-refractivity contribution in [2.45, 2.75) is 25.2 Å². The van der Waals surface area contributed by atoms with Crippen LogP contribution in [0.4, 0.5) is 0 Å². The van der Waals surface area contributed by atoms with E-state index in [4.69, 9.17) is 4.74 Å². The fourth-order valence-electron chi connectivity index (χ4n) is 3.42. The first-order valence-electron chi connectivity index (χ1n) is 8.22. The number of esters is 1. The monoisotopic (exact) mass is 346 g/mol. The van der Waals surface area contributed by atoms with Gasteiger partial charge < -0.3 is 14.6 Å². The number of rotatable bonds is 4. The summed E-state index contributed by atoms with van der Waals surface area (Å²) in [6.07, 6.45) is 4.41. The van der Waals surface area contributed by atoms with Gasteiger partial charge in [0, 0.05) is 36.6 Å². The van der Waals surface area contributed by atoms with E-state index in [9.17, 15) is 9.59 Å². The molecule has 0 saturated carbocycles. The Morgan fingerprint density at radius 3 is 2.75 bits per heavy atom. The van der Waals surface area contributed by atoms with Crippen molar-refractivity contribution in [1.29, 1.82) is 0 Å². The van der Waals surface area contributed by atoms with Crippen molar-refractivity contribution >= 4 is 35.4 Å². The van der Waals surface area contributed by atoms with Crippen LogP contribution in [0.5, 0.6) is 0 Å². The lowest BCUT2D eigenvalue weighted by molar-refractivity contribution is -0.131. The number of methoxy groups -OCH3 is 1. The van der Waals surface area contributed by atoms with Gasteiger partial charge in [-0.15, -0.1) is 0 Å². The fourth-order valence-corrected chi connectivity index (χ4v) is 3.61. The van der Waals surface area contributed by atoms with Crippen molar-refractivity contribution in [3.63, 3.8) is 0 Å². The van der Waals surface area contributed by atoms with Crippen LogP contribution in [0, 0.1) is 0 Å². The van der Waals surface area contributed by atoms with Gasteiger partial charge >= 0.3 is 5.97 Å². The summed E-state index contributed by atoms with van der Waals surface area (Å²) in [6, 6.07) is 5.58. The Labute approximate surface area is 146 Å². The van der Waals surface area contributed by atoms with E-state index in [1.165, 1.54) is 12.7 Å². The zero-order chi connectivity index (χ0) is 17.1. The average Bonchev–Trinajstić information content (AvgIpc) is 3.04. The highest BCUT2D eigenvalue weighted by Crippen LogP contribution is 2.33. The van der Waals surface area contributed by atoms with Gasteiger partial charge in [0.1, 0.15) is 0 Å². The summed E-state index contributed by atoms with van der Waals surface area (Å²) >= 11 is 4.13. The van der Waals surface area contributed by atoms with Crippen LogP contribution in [0.2, 0.25) is 0 Å². The molecule has 1 aliphatic heterocycles. The number of H-pyrrole nitrogens is 1. The highest BCUT2D eigenvalue weighted by atomic mass is 32.1. The van der Waals surface area contributed by atoms with E-state index < -0.39 is 0 Å². The number of aromatic amines is 1. The highest BCUT2D eigenvalue weighted by Gasteiger charge is 2.25. The van der Waals surface area contributed by atoms with Crippen molar-refractivity contribution < 1.29 is 14.3 Å². The fraction of sp³-hybridized carbons (Fsp3) is 0.444. The second-order valence-corrected chi connectivity index (χ2v) is 6.57. The zero-order valence-electron chi connectivity index (χ0n) is 13.7. The number of amides is 1. The summed E-state index contributed by atoms with van der Waals surface area (Å²) in [4.78, 5) is 29.0. The molecule has 3 rings (SSSR count). The molecule has 1 aromatic heterocycles. The minimum atomic E-state index is -0.323. The van der Waals surface area contributed by atoms with Gasteiger partial charge in [-0.05, 0) is 48.3 Å². The normalized spacial score (nSPS) is 15.7. The van der Waals surface area contributed by atoms with Gasteiger partial charge in [-0.25, -0.2) is 4.79 Å². The van der Waals surface area contributed by atoms with E-state index >= 15 is 0 Å². The minimum Gasteiger partial charge on any atom is -0.465 e. The molecule has 0 atom stereocenters. The van der Waals surface area contributed by atoms with E-state index in [-0.39, 0.29) is 11.9 Å². The van der Waals surface area contributed by atoms with Crippen molar-refractivity contribution in [3.8, 4) is 0 Å². The first-order valence-corrected chi connectivity index (χ1v) is 8.85. The first kappa shape index (κ1) is 16.9. The number of hydrogen-bond donors (Lipinski definition) is 2. The van der Waals surface area contributed by atoms with Gasteiger partial charge in [-0.2, -0.15) is 12.6 Å². The quantitative estimate of drug-likeness (QED) is 0.661. The molecule has 1 N–H and O–H groups in total. The van der Waals surface area contributed by atoms with Gasteiger partial charge in [0.05, 0.1) is 12.7 Å². The molecule has 2 aromatic rings. The summed E-state index contributed by atoms with van der Waals surface area (Å²) < 4.78 is 4.81. The van der Waals surface area contributed by atoms with Crippen molar-refractivity contribution in [3.05, 3.63) is 35.5 Å².